The number of likely N-dealkylation sites (N-methyl/N-ethyl adjacent to an activating group) is 1. The van der Waals surface area contributed by atoms with Crippen LogP contribution in [0.3, 0.4) is 0 Å². The molecule has 0 bridgehead atoms. The number of halogens is 3. The Hall–Kier alpha value is -3.10. The van der Waals surface area contributed by atoms with Gasteiger partial charge in [-0.1, -0.05) is 13.8 Å². The van der Waals surface area contributed by atoms with Crippen LogP contribution in [-0.4, -0.2) is 75.8 Å². The molecule has 0 unspecified atom stereocenters. The number of thiazole rings is 1. The lowest BCUT2D eigenvalue weighted by atomic mass is 10.1. The summed E-state index contributed by atoms with van der Waals surface area (Å²) in [5.41, 5.74) is 4.99. The summed E-state index contributed by atoms with van der Waals surface area (Å²) in [6.07, 6.45) is -1.80. The Morgan fingerprint density at radius 3 is 2.62 bits per heavy atom. The smallest absolute Gasteiger partial charge is 0.378 e. The molecular weight excluding hydrogens is 507 g/mol. The Balaban J connectivity index is 1.64. The number of anilines is 4. The molecule has 0 spiro atoms. The van der Waals surface area contributed by atoms with E-state index in [0.717, 1.165) is 44.4 Å². The van der Waals surface area contributed by atoms with E-state index in [4.69, 9.17) is 10.5 Å². The number of hydrogen-bond acceptors (Lipinski definition) is 11. The van der Waals surface area contributed by atoms with Crippen molar-refractivity contribution in [3.63, 3.8) is 0 Å². The van der Waals surface area contributed by atoms with Crippen molar-refractivity contribution in [2.75, 3.05) is 61.9 Å². The van der Waals surface area contributed by atoms with Crippen LogP contribution < -0.4 is 16.0 Å². The Kier molecular flexibility index (Phi) is 8.71. The molecule has 37 heavy (non-hydrogen) atoms. The Labute approximate surface area is 217 Å². The second kappa shape index (κ2) is 12.0. The van der Waals surface area contributed by atoms with Gasteiger partial charge in [-0.05, 0) is 19.5 Å². The van der Waals surface area contributed by atoms with Gasteiger partial charge in [0.1, 0.15) is 5.82 Å². The van der Waals surface area contributed by atoms with E-state index in [9.17, 15) is 13.2 Å². The van der Waals surface area contributed by atoms with Gasteiger partial charge >= 0.3 is 6.18 Å². The molecule has 14 heteroatoms. The second-order valence-electron chi connectivity index (χ2n) is 8.48. The molecule has 200 valence electrons. The summed E-state index contributed by atoms with van der Waals surface area (Å²) in [5.74, 6) is 0.134. The largest absolute Gasteiger partial charge is 0.434 e. The Bertz CT molecular complexity index is 1180. The molecule has 1 fully saturated rings. The first-order chi connectivity index (χ1) is 17.8. The lowest BCUT2D eigenvalue weighted by Gasteiger charge is -2.27. The van der Waals surface area contributed by atoms with Crippen LogP contribution in [0, 0.1) is 0 Å². The van der Waals surface area contributed by atoms with E-state index >= 15 is 0 Å². The number of nitrogens with zero attached hydrogens (tertiary/aromatic N) is 7. The average molecular weight is 538 g/mol. The summed E-state index contributed by atoms with van der Waals surface area (Å²) in [7, 11) is 0. The van der Waals surface area contributed by atoms with E-state index in [0.29, 0.717) is 37.3 Å². The van der Waals surface area contributed by atoms with Gasteiger partial charge in [0.15, 0.2) is 10.8 Å². The van der Waals surface area contributed by atoms with Gasteiger partial charge in [0.2, 0.25) is 11.9 Å². The summed E-state index contributed by atoms with van der Waals surface area (Å²) in [6.45, 7) is 9.18. The first-order valence-corrected chi connectivity index (χ1v) is 13.0. The molecule has 0 aliphatic carbocycles. The van der Waals surface area contributed by atoms with E-state index in [1.807, 2.05) is 10.3 Å². The topological polar surface area (TPSA) is 118 Å². The molecule has 1 aliphatic rings. The molecule has 0 radical (unpaired) electrons. The second-order valence-corrected chi connectivity index (χ2v) is 9.34. The maximum atomic E-state index is 13.8. The van der Waals surface area contributed by atoms with Crippen molar-refractivity contribution in [2.45, 2.75) is 32.9 Å². The van der Waals surface area contributed by atoms with Gasteiger partial charge in [0, 0.05) is 49.3 Å². The van der Waals surface area contributed by atoms with Gasteiger partial charge in [0.25, 0.3) is 0 Å². The third kappa shape index (κ3) is 7.02. The Morgan fingerprint density at radius 2 is 1.92 bits per heavy atom. The molecule has 3 N–H and O–H groups in total. The van der Waals surface area contributed by atoms with Crippen LogP contribution in [-0.2, 0) is 17.3 Å². The zero-order valence-corrected chi connectivity index (χ0v) is 21.6. The molecule has 0 atom stereocenters. The molecule has 3 aromatic rings. The van der Waals surface area contributed by atoms with Crippen molar-refractivity contribution >= 4 is 34.2 Å². The van der Waals surface area contributed by atoms with Crippen LogP contribution in [0.5, 0.6) is 0 Å². The van der Waals surface area contributed by atoms with Crippen molar-refractivity contribution in [3.8, 4) is 11.3 Å². The number of nitrogens with two attached hydrogens (primary N) is 1. The minimum Gasteiger partial charge on any atom is -0.378 e. The normalized spacial score (nSPS) is 14.4. The van der Waals surface area contributed by atoms with E-state index < -0.39 is 17.8 Å². The number of nitrogens with one attached hydrogen (secondary N) is 1. The maximum Gasteiger partial charge on any atom is 0.434 e. The maximum absolute atomic E-state index is 13.8. The third-order valence-corrected chi connectivity index (χ3v) is 6.62. The predicted octanol–water partition coefficient (Wildman–Crippen LogP) is 3.85. The fourth-order valence-corrected chi connectivity index (χ4v) is 4.70. The van der Waals surface area contributed by atoms with Crippen molar-refractivity contribution in [3.05, 3.63) is 29.0 Å². The highest BCUT2D eigenvalue weighted by atomic mass is 32.1. The van der Waals surface area contributed by atoms with Crippen LogP contribution in [0.4, 0.5) is 36.0 Å². The highest BCUT2D eigenvalue weighted by Crippen LogP contribution is 2.36. The number of nitrogen functional groups attached to an aromatic ring is 1. The van der Waals surface area contributed by atoms with Crippen molar-refractivity contribution in [2.24, 2.45) is 0 Å². The summed E-state index contributed by atoms with van der Waals surface area (Å²) in [6, 6.07) is 1.44. The molecule has 0 aromatic carbocycles. The number of alkyl halides is 3. The third-order valence-electron chi connectivity index (χ3n) is 5.82. The Morgan fingerprint density at radius 1 is 1.14 bits per heavy atom. The average Bonchev–Trinajstić information content (AvgIpc) is 3.33. The molecule has 4 heterocycles. The number of rotatable bonds is 10. The van der Waals surface area contributed by atoms with Crippen LogP contribution in [0.15, 0.2) is 17.6 Å². The number of hydrogen-bond donors (Lipinski definition) is 2. The van der Waals surface area contributed by atoms with E-state index in [1.54, 1.807) is 0 Å². The summed E-state index contributed by atoms with van der Waals surface area (Å²) < 4.78 is 46.7. The highest BCUT2D eigenvalue weighted by Gasteiger charge is 2.37. The van der Waals surface area contributed by atoms with Crippen LogP contribution in [0.2, 0.25) is 0 Å². The van der Waals surface area contributed by atoms with Gasteiger partial charge in [-0.15, -0.1) is 11.3 Å². The van der Waals surface area contributed by atoms with E-state index in [1.165, 1.54) is 17.4 Å². The minimum atomic E-state index is -4.74. The zero-order chi connectivity index (χ0) is 26.4. The molecule has 1 saturated heterocycles. The van der Waals surface area contributed by atoms with Crippen molar-refractivity contribution < 1.29 is 17.9 Å². The number of ether oxygens (including phenoxy) is 1. The van der Waals surface area contributed by atoms with Crippen LogP contribution in [0.1, 0.15) is 31.7 Å². The number of morpholine rings is 1. The lowest BCUT2D eigenvalue weighted by molar-refractivity contribution is -0.140. The molecule has 0 saturated carbocycles. The van der Waals surface area contributed by atoms with Crippen molar-refractivity contribution in [1.29, 1.82) is 0 Å². The SMILES string of the molecule is CCCN(CC)CCc1csc(Nc2cc(-c3cnc(N)nc3C(F)(F)F)nc(N3CCOCC3)n2)n1. The summed E-state index contributed by atoms with van der Waals surface area (Å²) in [5, 5.41) is 5.72. The predicted molar refractivity (Wildman–Crippen MR) is 137 cm³/mol. The summed E-state index contributed by atoms with van der Waals surface area (Å²) in [4.78, 5) is 25.1. The van der Waals surface area contributed by atoms with E-state index in [-0.39, 0.29) is 17.2 Å². The van der Waals surface area contributed by atoms with E-state index in [2.05, 4.69) is 49.0 Å². The van der Waals surface area contributed by atoms with Crippen LogP contribution >= 0.6 is 11.3 Å². The molecular formula is C23H30F3N9OS. The van der Waals surface area contributed by atoms with Gasteiger partial charge in [-0.3, -0.25) is 0 Å². The molecule has 10 nitrogen and oxygen atoms in total. The number of aromatic nitrogens is 5. The van der Waals surface area contributed by atoms with Gasteiger partial charge in [-0.2, -0.15) is 18.2 Å². The zero-order valence-electron chi connectivity index (χ0n) is 20.8. The van der Waals surface area contributed by atoms with Gasteiger partial charge in [-0.25, -0.2) is 19.9 Å². The monoisotopic (exact) mass is 537 g/mol. The lowest BCUT2D eigenvalue weighted by Crippen LogP contribution is -2.37. The fraction of sp³-hybridized carbons (Fsp3) is 0.522. The van der Waals surface area contributed by atoms with Gasteiger partial charge in [0.05, 0.1) is 24.6 Å². The van der Waals surface area contributed by atoms with Crippen molar-refractivity contribution in [1.82, 2.24) is 29.8 Å². The molecule has 3 aromatic heterocycles. The summed E-state index contributed by atoms with van der Waals surface area (Å²) >= 11 is 1.41. The quantitative estimate of drug-likeness (QED) is 0.395. The molecule has 1 aliphatic heterocycles. The molecule has 0 amide bonds. The highest BCUT2D eigenvalue weighted by molar-refractivity contribution is 7.13. The standard InChI is InChI=1S/C23H30F3N9OS/c1-3-6-34(4-2)7-5-15-14-37-22(29-15)32-18-12-17(30-21(31-18)35-8-10-36-11-9-35)16-13-28-20(27)33-19(16)23(24,25)26/h12-14H,3-11H2,1-2H3,(H2,27,28,33)(H,29,30,31,32). The molecule has 4 rings (SSSR count). The van der Waals surface area contributed by atoms with Gasteiger partial charge < -0.3 is 25.6 Å². The first kappa shape index (κ1) is 26.9. The minimum absolute atomic E-state index is 0.0289. The van der Waals surface area contributed by atoms with Crippen LogP contribution in [0.25, 0.3) is 11.3 Å². The first-order valence-electron chi connectivity index (χ1n) is 12.1. The fourth-order valence-electron chi connectivity index (χ4n) is 3.95.